The number of aliphatic hydroxyl groups is 1. The van der Waals surface area contributed by atoms with E-state index in [0.29, 0.717) is 84.6 Å². The van der Waals surface area contributed by atoms with Crippen molar-refractivity contribution in [3.8, 4) is 0 Å². The molecule has 0 radical (unpaired) electrons. The monoisotopic (exact) mass is 749 g/mol. The highest BCUT2D eigenvalue weighted by atomic mass is 16.5. The zero-order valence-electron chi connectivity index (χ0n) is 31.9. The number of ether oxygens (including phenoxy) is 1. The highest BCUT2D eigenvalue weighted by molar-refractivity contribution is 5.88. The number of aryl methyl sites for hydroxylation is 2. The van der Waals surface area contributed by atoms with Crippen molar-refractivity contribution in [2.45, 2.75) is 70.9 Å². The zero-order valence-corrected chi connectivity index (χ0v) is 31.9. The molecule has 1 fully saturated rings. The second kappa shape index (κ2) is 25.4. The first-order valence-electron chi connectivity index (χ1n) is 18.7. The number of carboxylic acids is 2. The van der Waals surface area contributed by atoms with Gasteiger partial charge in [-0.3, -0.25) is 38.7 Å². The summed E-state index contributed by atoms with van der Waals surface area (Å²) in [5, 5.41) is 40.1. The number of hydrogen-bond donors (Lipinski definition) is 7. The molecular formula is C37H63N7O9. The third-order valence-electron chi connectivity index (χ3n) is 8.92. The molecule has 300 valence electrons. The number of aliphatic carboxylic acids is 2. The molecule has 7 N–H and O–H groups in total. The van der Waals surface area contributed by atoms with Crippen LogP contribution < -0.4 is 21.3 Å². The molecule has 0 aromatic heterocycles. The molecule has 0 spiro atoms. The summed E-state index contributed by atoms with van der Waals surface area (Å²) in [6.45, 7) is 9.30. The number of nitrogens with one attached hydrogen (secondary N) is 4. The molecule has 1 saturated heterocycles. The Morgan fingerprint density at radius 1 is 0.792 bits per heavy atom. The van der Waals surface area contributed by atoms with Gasteiger partial charge in [-0.1, -0.05) is 29.8 Å². The van der Waals surface area contributed by atoms with Gasteiger partial charge in [0.05, 0.1) is 38.4 Å². The van der Waals surface area contributed by atoms with E-state index < -0.39 is 23.6 Å². The summed E-state index contributed by atoms with van der Waals surface area (Å²) in [5.74, 6) is -2.68. The zero-order chi connectivity index (χ0) is 39.1. The molecule has 1 unspecified atom stereocenters. The molecule has 1 atom stereocenters. The van der Waals surface area contributed by atoms with Gasteiger partial charge in [0.15, 0.2) is 0 Å². The first-order valence-corrected chi connectivity index (χ1v) is 18.7. The highest BCUT2D eigenvalue weighted by Crippen LogP contribution is 2.09. The number of carboxylic acid groups (broad SMARTS) is 2. The van der Waals surface area contributed by atoms with Crippen molar-refractivity contribution in [2.24, 2.45) is 0 Å². The van der Waals surface area contributed by atoms with Crippen LogP contribution in [0.5, 0.6) is 0 Å². The molecule has 1 aliphatic heterocycles. The third kappa shape index (κ3) is 21.6. The minimum Gasteiger partial charge on any atom is -0.480 e. The quantitative estimate of drug-likeness (QED) is 0.0758. The molecule has 1 aromatic carbocycles. The topological polar surface area (TPSA) is 213 Å². The van der Waals surface area contributed by atoms with E-state index in [1.807, 2.05) is 11.8 Å². The lowest BCUT2D eigenvalue weighted by atomic mass is 10.1. The first-order chi connectivity index (χ1) is 25.3. The lowest BCUT2D eigenvalue weighted by Gasteiger charge is -2.30. The molecule has 0 bridgehead atoms. The van der Waals surface area contributed by atoms with Crippen molar-refractivity contribution >= 4 is 29.7 Å². The van der Waals surface area contributed by atoms with Gasteiger partial charge >= 0.3 is 11.9 Å². The SMILES string of the molecule is Cc1ccc(CCCC(=O)NCCCCC(NC(=O)CN2CCNCCN(CC(=O)O)CCN(CC(=O)O)CC2)C(=O)NCCOC(C)(C)CO)cc1. The van der Waals surface area contributed by atoms with E-state index in [9.17, 15) is 39.3 Å². The molecule has 0 saturated carbocycles. The molecule has 16 nitrogen and oxygen atoms in total. The number of nitrogens with zero attached hydrogens (tertiary/aromatic N) is 3. The number of aliphatic hydroxyl groups excluding tert-OH is 1. The van der Waals surface area contributed by atoms with Crippen LogP contribution in [-0.2, 0) is 35.1 Å². The van der Waals surface area contributed by atoms with Crippen molar-refractivity contribution in [2.75, 3.05) is 98.3 Å². The third-order valence-corrected chi connectivity index (χ3v) is 8.92. The molecule has 1 heterocycles. The van der Waals surface area contributed by atoms with Crippen LogP contribution in [-0.4, -0.2) is 170 Å². The van der Waals surface area contributed by atoms with Crippen LogP contribution in [0.3, 0.4) is 0 Å². The summed E-state index contributed by atoms with van der Waals surface area (Å²) in [7, 11) is 0. The largest absolute Gasteiger partial charge is 0.480 e. The molecule has 16 heteroatoms. The Hall–Kier alpha value is -3.67. The Balaban J connectivity index is 1.93. The smallest absolute Gasteiger partial charge is 0.317 e. The van der Waals surface area contributed by atoms with Crippen LogP contribution in [0.1, 0.15) is 57.1 Å². The summed E-state index contributed by atoms with van der Waals surface area (Å²) < 4.78 is 5.62. The summed E-state index contributed by atoms with van der Waals surface area (Å²) >= 11 is 0. The highest BCUT2D eigenvalue weighted by Gasteiger charge is 2.23. The van der Waals surface area contributed by atoms with E-state index in [-0.39, 0.29) is 57.1 Å². The predicted octanol–water partition coefficient (Wildman–Crippen LogP) is -0.329. The first kappa shape index (κ1) is 45.5. The van der Waals surface area contributed by atoms with E-state index in [4.69, 9.17) is 4.74 Å². The Labute approximate surface area is 314 Å². The van der Waals surface area contributed by atoms with Crippen molar-refractivity contribution < 1.29 is 44.0 Å². The Kier molecular flexibility index (Phi) is 21.8. The van der Waals surface area contributed by atoms with Gasteiger partial charge < -0.3 is 41.3 Å². The maximum absolute atomic E-state index is 13.4. The molecule has 0 aliphatic carbocycles. The maximum Gasteiger partial charge on any atom is 0.317 e. The van der Waals surface area contributed by atoms with Crippen molar-refractivity contribution in [3.63, 3.8) is 0 Å². The van der Waals surface area contributed by atoms with Gasteiger partial charge in [0.2, 0.25) is 17.7 Å². The molecular weight excluding hydrogens is 686 g/mol. The molecule has 53 heavy (non-hydrogen) atoms. The molecule has 1 aromatic rings. The number of benzene rings is 1. The van der Waals surface area contributed by atoms with Crippen LogP contribution in [0.4, 0.5) is 0 Å². The standard InChI is InChI=1S/C37H63N7O9/c1-29-10-12-30(13-11-29)7-6-9-32(46)39-14-5-4-8-31(36(52)40-17-24-53-37(2,3)28-45)41-33(47)25-42-18-15-38-16-19-43(26-34(48)49)21-23-44(22-20-42)27-35(50)51/h10-13,31,38,45H,4-9,14-28H2,1-3H3,(H,39,46)(H,40,52)(H,41,47)(H,48,49)(H,50,51). The Morgan fingerprint density at radius 3 is 1.96 bits per heavy atom. The fraction of sp³-hybridized carbons (Fsp3) is 0.703. The van der Waals surface area contributed by atoms with E-state index in [1.165, 1.54) is 11.1 Å². The summed E-state index contributed by atoms with van der Waals surface area (Å²) in [6, 6.07) is 7.46. The van der Waals surface area contributed by atoms with Crippen LogP contribution in [0.2, 0.25) is 0 Å². The van der Waals surface area contributed by atoms with Gasteiger partial charge in [-0.05, 0) is 58.4 Å². The number of carbonyl (C=O) groups excluding carboxylic acids is 3. The van der Waals surface area contributed by atoms with Gasteiger partial charge in [0.25, 0.3) is 0 Å². The van der Waals surface area contributed by atoms with Crippen molar-refractivity contribution in [3.05, 3.63) is 35.4 Å². The minimum atomic E-state index is -0.996. The number of carbonyl (C=O) groups is 5. The van der Waals surface area contributed by atoms with Crippen LogP contribution in [0, 0.1) is 6.92 Å². The molecule has 2 rings (SSSR count). The van der Waals surface area contributed by atoms with Crippen LogP contribution >= 0.6 is 0 Å². The van der Waals surface area contributed by atoms with Gasteiger partial charge in [0, 0.05) is 71.9 Å². The average molecular weight is 750 g/mol. The van der Waals surface area contributed by atoms with E-state index in [0.717, 1.165) is 12.8 Å². The Bertz CT molecular complexity index is 1270. The number of unbranched alkanes of at least 4 members (excludes halogenated alkanes) is 1. The van der Waals surface area contributed by atoms with E-state index >= 15 is 0 Å². The maximum atomic E-state index is 13.4. The van der Waals surface area contributed by atoms with Crippen LogP contribution in [0.25, 0.3) is 0 Å². The van der Waals surface area contributed by atoms with Gasteiger partial charge in [-0.15, -0.1) is 0 Å². The summed E-state index contributed by atoms with van der Waals surface area (Å²) in [5.41, 5.74) is 1.65. The normalized spacial score (nSPS) is 16.2. The van der Waals surface area contributed by atoms with Gasteiger partial charge in [-0.25, -0.2) is 0 Å². The van der Waals surface area contributed by atoms with Crippen molar-refractivity contribution in [1.82, 2.24) is 36.0 Å². The lowest BCUT2D eigenvalue weighted by Crippen LogP contribution is -2.52. The second-order valence-corrected chi connectivity index (χ2v) is 14.2. The van der Waals surface area contributed by atoms with Crippen molar-refractivity contribution in [1.29, 1.82) is 0 Å². The second-order valence-electron chi connectivity index (χ2n) is 14.2. The fourth-order valence-electron chi connectivity index (χ4n) is 5.74. The van der Waals surface area contributed by atoms with Gasteiger partial charge in [-0.2, -0.15) is 0 Å². The fourth-order valence-corrected chi connectivity index (χ4v) is 5.74. The molecule has 1 aliphatic rings. The minimum absolute atomic E-state index is 0.00996. The molecule has 3 amide bonds. The average Bonchev–Trinajstić information content (AvgIpc) is 3.09. The van der Waals surface area contributed by atoms with Gasteiger partial charge in [0.1, 0.15) is 6.04 Å². The number of rotatable bonds is 22. The van der Waals surface area contributed by atoms with Crippen LogP contribution in [0.15, 0.2) is 24.3 Å². The summed E-state index contributed by atoms with van der Waals surface area (Å²) in [4.78, 5) is 67.3. The van der Waals surface area contributed by atoms with E-state index in [2.05, 4.69) is 45.5 Å². The summed E-state index contributed by atoms with van der Waals surface area (Å²) in [6.07, 6.45) is 3.55. The lowest BCUT2D eigenvalue weighted by molar-refractivity contribution is -0.140. The Morgan fingerprint density at radius 2 is 1.38 bits per heavy atom. The number of amides is 3. The predicted molar refractivity (Wildman–Crippen MR) is 200 cm³/mol. The van der Waals surface area contributed by atoms with E-state index in [1.54, 1.807) is 23.6 Å². The number of hydrogen-bond acceptors (Lipinski definition) is 11.